The summed E-state index contributed by atoms with van der Waals surface area (Å²) in [5.74, 6) is -2.84. The summed E-state index contributed by atoms with van der Waals surface area (Å²) in [7, 11) is 0. The Balaban J connectivity index is 2.85. The van der Waals surface area contributed by atoms with Crippen LogP contribution in [-0.4, -0.2) is 12.2 Å². The number of hydrogen-bond donors (Lipinski definition) is 0. The van der Waals surface area contributed by atoms with Gasteiger partial charge in [0, 0.05) is 18.3 Å². The van der Waals surface area contributed by atoms with E-state index < -0.39 is 11.3 Å². The number of hydrogen-bond acceptors (Lipinski definition) is 1. The van der Waals surface area contributed by atoms with Crippen molar-refractivity contribution in [2.24, 2.45) is 11.3 Å². The second-order valence-corrected chi connectivity index (χ2v) is 3.91. The molecule has 13 heavy (non-hydrogen) atoms. The molecule has 0 N–H and O–H groups in total. The van der Waals surface area contributed by atoms with Gasteiger partial charge in [0.2, 0.25) is 5.92 Å². The van der Waals surface area contributed by atoms with Gasteiger partial charge in [0.15, 0.2) is 0 Å². The fraction of sp³-hybridized carbons (Fsp3) is 0.700. The van der Waals surface area contributed by atoms with Gasteiger partial charge in [0.1, 0.15) is 6.29 Å². The molecule has 2 unspecified atom stereocenters. The average Bonchev–Trinajstić information content (AvgIpc) is 2.41. The first-order valence-corrected chi connectivity index (χ1v) is 4.42. The molecule has 0 aromatic rings. The van der Waals surface area contributed by atoms with E-state index in [-0.39, 0.29) is 25.2 Å². The molecule has 1 rings (SSSR count). The van der Waals surface area contributed by atoms with E-state index in [4.69, 9.17) is 0 Å². The van der Waals surface area contributed by atoms with Gasteiger partial charge in [-0.05, 0) is 12.3 Å². The fourth-order valence-electron chi connectivity index (χ4n) is 1.91. The smallest absolute Gasteiger partial charge is 0.249 e. The van der Waals surface area contributed by atoms with Gasteiger partial charge in [-0.1, -0.05) is 13.0 Å². The number of allylic oxidation sites excluding steroid dienone is 1. The maximum Gasteiger partial charge on any atom is 0.249 e. The summed E-state index contributed by atoms with van der Waals surface area (Å²) < 4.78 is 25.9. The second kappa shape index (κ2) is 3.20. The summed E-state index contributed by atoms with van der Waals surface area (Å²) >= 11 is 0. The van der Waals surface area contributed by atoms with Gasteiger partial charge in [-0.25, -0.2) is 8.78 Å². The number of carbonyl (C=O) groups excluding carboxylic acids is 1. The van der Waals surface area contributed by atoms with Crippen LogP contribution < -0.4 is 0 Å². The molecule has 0 spiro atoms. The van der Waals surface area contributed by atoms with Crippen molar-refractivity contribution < 1.29 is 13.6 Å². The molecule has 1 nitrogen and oxygen atoms in total. The van der Waals surface area contributed by atoms with E-state index >= 15 is 0 Å². The summed E-state index contributed by atoms with van der Waals surface area (Å²) in [6.07, 6.45) is 2.04. The highest BCUT2D eigenvalue weighted by Gasteiger charge is 2.51. The number of alkyl halides is 2. The molecule has 74 valence electrons. The Morgan fingerprint density at radius 3 is 2.38 bits per heavy atom. The lowest BCUT2D eigenvalue weighted by Crippen LogP contribution is -2.28. The summed E-state index contributed by atoms with van der Waals surface area (Å²) in [6.45, 7) is 5.31. The molecule has 3 heteroatoms. The topological polar surface area (TPSA) is 17.1 Å². The largest absolute Gasteiger partial charge is 0.303 e. The summed E-state index contributed by atoms with van der Waals surface area (Å²) in [5, 5.41) is 0. The standard InChI is InChI=1S/C10H14F2O/c1-3-8(2)9(7-13)4-5-10(11,12)6-9/h3,7-8H,1,4-6H2,2H3. The molecule has 0 saturated heterocycles. The molecule has 1 fully saturated rings. The second-order valence-electron chi connectivity index (χ2n) is 3.91. The zero-order valence-corrected chi connectivity index (χ0v) is 7.72. The van der Waals surface area contributed by atoms with Crippen molar-refractivity contribution in [3.05, 3.63) is 12.7 Å². The number of carbonyl (C=O) groups is 1. The van der Waals surface area contributed by atoms with Crippen molar-refractivity contribution in [3.8, 4) is 0 Å². The zero-order chi connectivity index (χ0) is 10.1. The van der Waals surface area contributed by atoms with Gasteiger partial charge in [0.25, 0.3) is 0 Å². The van der Waals surface area contributed by atoms with E-state index in [1.807, 2.05) is 0 Å². The third kappa shape index (κ3) is 1.79. The first-order chi connectivity index (χ1) is 5.96. The minimum atomic E-state index is -2.67. The Morgan fingerprint density at radius 2 is 2.08 bits per heavy atom. The monoisotopic (exact) mass is 188 g/mol. The van der Waals surface area contributed by atoms with Crippen LogP contribution >= 0.6 is 0 Å². The number of rotatable bonds is 3. The van der Waals surface area contributed by atoms with Crippen molar-refractivity contribution in [3.63, 3.8) is 0 Å². The Bertz CT molecular complexity index is 225. The van der Waals surface area contributed by atoms with Gasteiger partial charge >= 0.3 is 0 Å². The molecule has 0 bridgehead atoms. The highest BCUT2D eigenvalue weighted by molar-refractivity contribution is 5.61. The number of aldehydes is 1. The summed E-state index contributed by atoms with van der Waals surface area (Å²) in [5.41, 5.74) is -0.870. The van der Waals surface area contributed by atoms with Crippen molar-refractivity contribution in [1.82, 2.24) is 0 Å². The molecule has 0 aliphatic heterocycles. The van der Waals surface area contributed by atoms with Crippen LogP contribution in [0.1, 0.15) is 26.2 Å². The van der Waals surface area contributed by atoms with Crippen LogP contribution in [-0.2, 0) is 4.79 Å². The lowest BCUT2D eigenvalue weighted by Gasteiger charge is -2.27. The normalized spacial score (nSPS) is 34.1. The SMILES string of the molecule is C=CC(C)C1(C=O)CCC(F)(F)C1. The van der Waals surface area contributed by atoms with Crippen LogP contribution in [0, 0.1) is 11.3 Å². The highest BCUT2D eigenvalue weighted by atomic mass is 19.3. The fourth-order valence-corrected chi connectivity index (χ4v) is 1.91. The van der Waals surface area contributed by atoms with Crippen molar-refractivity contribution in [2.45, 2.75) is 32.1 Å². The molecular formula is C10H14F2O. The van der Waals surface area contributed by atoms with Gasteiger partial charge in [-0.3, -0.25) is 0 Å². The molecule has 1 aliphatic carbocycles. The molecule has 0 aromatic carbocycles. The minimum Gasteiger partial charge on any atom is -0.303 e. The van der Waals surface area contributed by atoms with Crippen LogP contribution in [0.25, 0.3) is 0 Å². The molecule has 1 aliphatic rings. The Hall–Kier alpha value is -0.730. The molecule has 0 amide bonds. The van der Waals surface area contributed by atoms with E-state index in [1.54, 1.807) is 13.0 Å². The predicted molar refractivity (Wildman–Crippen MR) is 46.7 cm³/mol. The van der Waals surface area contributed by atoms with E-state index in [2.05, 4.69) is 6.58 Å². The molecule has 0 heterocycles. The molecule has 0 radical (unpaired) electrons. The van der Waals surface area contributed by atoms with E-state index in [0.29, 0.717) is 6.29 Å². The van der Waals surface area contributed by atoms with Crippen molar-refractivity contribution in [1.29, 1.82) is 0 Å². The van der Waals surface area contributed by atoms with Gasteiger partial charge in [-0.15, -0.1) is 6.58 Å². The first kappa shape index (κ1) is 10.4. The van der Waals surface area contributed by atoms with Crippen LogP contribution in [0.2, 0.25) is 0 Å². The van der Waals surface area contributed by atoms with E-state index in [9.17, 15) is 13.6 Å². The highest BCUT2D eigenvalue weighted by Crippen LogP contribution is 2.50. The maximum atomic E-state index is 12.9. The van der Waals surface area contributed by atoms with Crippen molar-refractivity contribution >= 4 is 6.29 Å². The Labute approximate surface area is 76.8 Å². The van der Waals surface area contributed by atoms with Crippen LogP contribution in [0.5, 0.6) is 0 Å². The molecule has 2 atom stereocenters. The van der Waals surface area contributed by atoms with Crippen LogP contribution in [0.3, 0.4) is 0 Å². The Kier molecular flexibility index (Phi) is 2.55. The minimum absolute atomic E-state index is 0.168. The quantitative estimate of drug-likeness (QED) is 0.491. The van der Waals surface area contributed by atoms with Gasteiger partial charge < -0.3 is 4.79 Å². The lowest BCUT2D eigenvalue weighted by atomic mass is 9.76. The Morgan fingerprint density at radius 1 is 1.46 bits per heavy atom. The lowest BCUT2D eigenvalue weighted by molar-refractivity contribution is -0.119. The van der Waals surface area contributed by atoms with E-state index in [1.165, 1.54) is 0 Å². The molecule has 1 saturated carbocycles. The first-order valence-electron chi connectivity index (χ1n) is 4.42. The molecule has 0 aromatic heterocycles. The predicted octanol–water partition coefficient (Wildman–Crippen LogP) is 2.81. The summed E-state index contributed by atoms with van der Waals surface area (Å²) in [4.78, 5) is 10.8. The zero-order valence-electron chi connectivity index (χ0n) is 7.72. The van der Waals surface area contributed by atoms with Gasteiger partial charge in [-0.2, -0.15) is 0 Å². The van der Waals surface area contributed by atoms with E-state index in [0.717, 1.165) is 0 Å². The maximum absolute atomic E-state index is 12.9. The third-order valence-electron chi connectivity index (χ3n) is 3.04. The third-order valence-corrected chi connectivity index (χ3v) is 3.04. The van der Waals surface area contributed by atoms with Gasteiger partial charge in [0.05, 0.1) is 0 Å². The van der Waals surface area contributed by atoms with Crippen LogP contribution in [0.4, 0.5) is 8.78 Å². The summed E-state index contributed by atoms with van der Waals surface area (Å²) in [6, 6.07) is 0. The van der Waals surface area contributed by atoms with Crippen molar-refractivity contribution in [2.75, 3.05) is 0 Å². The molecular weight excluding hydrogens is 174 g/mol. The van der Waals surface area contributed by atoms with Crippen LogP contribution in [0.15, 0.2) is 12.7 Å². The number of halogens is 2. The average molecular weight is 188 g/mol.